The molecular weight excluding hydrogens is 484 g/mol. The van der Waals surface area contributed by atoms with Crippen LogP contribution >= 0.6 is 0 Å². The molecule has 2 amide bonds. The number of likely N-dealkylation sites (tertiary alicyclic amines) is 1. The molecule has 3 heterocycles. The first-order valence-electron chi connectivity index (χ1n) is 13.4. The molecule has 204 valence electrons. The number of alkyl carbamates (subject to hydrolysis) is 1. The number of piperidine rings is 2. The summed E-state index contributed by atoms with van der Waals surface area (Å²) in [5.41, 5.74) is 1.36. The van der Waals surface area contributed by atoms with E-state index < -0.39 is 17.7 Å². The first-order chi connectivity index (χ1) is 18.0. The number of aromatic nitrogens is 1. The normalized spacial score (nSPS) is 23.9. The number of hydrogen-bond donors (Lipinski definition) is 2. The number of pyridine rings is 1. The van der Waals surface area contributed by atoms with E-state index >= 15 is 0 Å². The van der Waals surface area contributed by atoms with Crippen LogP contribution in [0.25, 0.3) is 0 Å². The number of ether oxygens (including phenoxy) is 2. The van der Waals surface area contributed by atoms with E-state index in [0.717, 1.165) is 42.9 Å². The van der Waals surface area contributed by atoms with Crippen LogP contribution in [0.15, 0.2) is 42.5 Å². The molecular formula is C29H38N4O5. The molecule has 1 saturated carbocycles. The maximum absolute atomic E-state index is 12.7. The van der Waals surface area contributed by atoms with Crippen LogP contribution < -0.4 is 15.0 Å². The molecule has 2 N–H and O–H groups in total. The predicted octanol–water partition coefficient (Wildman–Crippen LogP) is 4.86. The molecule has 0 bridgehead atoms. The van der Waals surface area contributed by atoms with Crippen LogP contribution in [0.4, 0.5) is 15.4 Å². The molecule has 2 aliphatic heterocycles. The minimum atomic E-state index is -0.877. The summed E-state index contributed by atoms with van der Waals surface area (Å²) in [6.45, 7) is 11.5. The summed E-state index contributed by atoms with van der Waals surface area (Å²) in [4.78, 5) is 32.6. The first-order valence-corrected chi connectivity index (χ1v) is 13.4. The third kappa shape index (κ3) is 5.81. The highest BCUT2D eigenvalue weighted by Gasteiger charge is 2.59. The third-order valence-electron chi connectivity index (χ3n) is 8.22. The van der Waals surface area contributed by atoms with Crippen molar-refractivity contribution in [2.75, 3.05) is 31.1 Å². The lowest BCUT2D eigenvalue weighted by molar-refractivity contribution is 0.129. The molecule has 0 spiro atoms. The number of carboxylic acid groups (broad SMARTS) is 1. The van der Waals surface area contributed by atoms with Gasteiger partial charge in [-0.3, -0.25) is 0 Å². The predicted molar refractivity (Wildman–Crippen MR) is 143 cm³/mol. The highest BCUT2D eigenvalue weighted by atomic mass is 16.5. The standard InChI is InChI=1S/C29H38N4O5/c1-28(2)10-12-32(13-11-28)23-14-20(29(3,4)31-26(34)37-18-19-8-6-5-7-9-19)15-24(30-23)38-25-21-16-33(27(35)36)17-22(21)25/h5-9,14-15,21-22,25H,10-13,16-18H2,1-4H3,(H,31,34)(H,35,36)/t21-,22+,25-. The van der Waals surface area contributed by atoms with Gasteiger partial charge in [0.05, 0.1) is 5.54 Å². The molecule has 3 fully saturated rings. The summed E-state index contributed by atoms with van der Waals surface area (Å²) in [6.07, 6.45) is 0.734. The van der Waals surface area contributed by atoms with Gasteiger partial charge in [-0.05, 0) is 49.3 Å². The Morgan fingerprint density at radius 2 is 1.76 bits per heavy atom. The maximum Gasteiger partial charge on any atom is 0.408 e. The second-order valence-electron chi connectivity index (χ2n) is 12.1. The Kier molecular flexibility index (Phi) is 6.88. The Labute approximate surface area is 224 Å². The van der Waals surface area contributed by atoms with Crippen molar-refractivity contribution in [3.05, 3.63) is 53.6 Å². The Morgan fingerprint density at radius 3 is 2.39 bits per heavy atom. The highest BCUT2D eigenvalue weighted by Crippen LogP contribution is 2.48. The fourth-order valence-corrected chi connectivity index (χ4v) is 5.44. The van der Waals surface area contributed by atoms with Crippen molar-refractivity contribution < 1.29 is 24.2 Å². The highest BCUT2D eigenvalue weighted by molar-refractivity contribution is 5.69. The Bertz CT molecular complexity index is 1160. The monoisotopic (exact) mass is 522 g/mol. The number of fused-ring (bicyclic) bond motifs is 1. The van der Waals surface area contributed by atoms with Crippen LogP contribution in [0.5, 0.6) is 5.88 Å². The quantitative estimate of drug-likeness (QED) is 0.535. The van der Waals surface area contributed by atoms with Gasteiger partial charge in [-0.25, -0.2) is 9.59 Å². The zero-order valence-electron chi connectivity index (χ0n) is 22.6. The van der Waals surface area contributed by atoms with Crippen molar-refractivity contribution in [1.29, 1.82) is 0 Å². The van der Waals surface area contributed by atoms with Gasteiger partial charge in [0.1, 0.15) is 18.5 Å². The van der Waals surface area contributed by atoms with E-state index in [1.807, 2.05) is 56.3 Å². The number of anilines is 1. The second kappa shape index (κ2) is 10.0. The van der Waals surface area contributed by atoms with Crippen molar-refractivity contribution in [3.63, 3.8) is 0 Å². The molecule has 3 aliphatic rings. The summed E-state index contributed by atoms with van der Waals surface area (Å²) < 4.78 is 11.8. The van der Waals surface area contributed by atoms with Crippen LogP contribution in [0, 0.1) is 17.3 Å². The minimum Gasteiger partial charge on any atom is -0.474 e. The molecule has 0 radical (unpaired) electrons. The number of carbonyl (C=O) groups is 2. The van der Waals surface area contributed by atoms with Gasteiger partial charge in [0, 0.05) is 44.1 Å². The summed E-state index contributed by atoms with van der Waals surface area (Å²) >= 11 is 0. The van der Waals surface area contributed by atoms with Gasteiger partial charge in [-0.1, -0.05) is 44.2 Å². The molecule has 0 unspecified atom stereocenters. The van der Waals surface area contributed by atoms with E-state index in [1.165, 1.54) is 4.90 Å². The van der Waals surface area contributed by atoms with Gasteiger partial charge in [0.15, 0.2) is 0 Å². The SMILES string of the molecule is CC1(C)CCN(c2cc(C(C)(C)NC(=O)OCc3ccccc3)cc(O[C@@H]3[C@@H]4CN(C(=O)O)C[C@@H]43)n2)CC1. The van der Waals surface area contributed by atoms with E-state index in [1.54, 1.807) is 0 Å². The van der Waals surface area contributed by atoms with E-state index in [4.69, 9.17) is 14.5 Å². The lowest BCUT2D eigenvalue weighted by atomic mass is 9.82. The lowest BCUT2D eigenvalue weighted by Gasteiger charge is -2.38. The average molecular weight is 523 g/mol. The average Bonchev–Trinajstić information content (AvgIpc) is 3.29. The molecule has 3 atom stereocenters. The minimum absolute atomic E-state index is 0.0339. The summed E-state index contributed by atoms with van der Waals surface area (Å²) in [6, 6.07) is 13.5. The van der Waals surface area contributed by atoms with Crippen molar-refractivity contribution in [3.8, 4) is 5.88 Å². The van der Waals surface area contributed by atoms with Gasteiger partial charge in [-0.15, -0.1) is 0 Å². The molecule has 2 aromatic rings. The Hall–Kier alpha value is -3.49. The molecule has 1 aromatic heterocycles. The summed E-state index contributed by atoms with van der Waals surface area (Å²) in [5.74, 6) is 1.75. The number of nitrogens with one attached hydrogen (secondary N) is 1. The largest absolute Gasteiger partial charge is 0.474 e. The number of carbonyl (C=O) groups excluding carboxylic acids is 1. The second-order valence-corrected chi connectivity index (χ2v) is 12.1. The van der Waals surface area contributed by atoms with Gasteiger partial charge < -0.3 is 29.7 Å². The van der Waals surface area contributed by atoms with Gasteiger partial charge >= 0.3 is 12.2 Å². The molecule has 38 heavy (non-hydrogen) atoms. The Balaban J connectivity index is 1.31. The van der Waals surface area contributed by atoms with Crippen molar-refractivity contribution >= 4 is 18.0 Å². The van der Waals surface area contributed by atoms with E-state index in [0.29, 0.717) is 24.4 Å². The molecule has 1 aromatic carbocycles. The number of rotatable bonds is 7. The van der Waals surface area contributed by atoms with Crippen LogP contribution in [0.3, 0.4) is 0 Å². The van der Waals surface area contributed by atoms with Gasteiger partial charge in [0.2, 0.25) is 5.88 Å². The molecule has 9 heteroatoms. The maximum atomic E-state index is 12.7. The van der Waals surface area contributed by atoms with Crippen LogP contribution in [0.1, 0.15) is 51.7 Å². The summed E-state index contributed by atoms with van der Waals surface area (Å²) in [7, 11) is 0. The fraction of sp³-hybridized carbons (Fsp3) is 0.552. The smallest absolute Gasteiger partial charge is 0.408 e. The number of amides is 2. The third-order valence-corrected chi connectivity index (χ3v) is 8.22. The topological polar surface area (TPSA) is 104 Å². The van der Waals surface area contributed by atoms with Crippen LogP contribution in [0.2, 0.25) is 0 Å². The van der Waals surface area contributed by atoms with Crippen molar-refractivity contribution in [2.45, 2.75) is 58.8 Å². The van der Waals surface area contributed by atoms with E-state index in [2.05, 4.69) is 24.1 Å². The van der Waals surface area contributed by atoms with E-state index in [-0.39, 0.29) is 24.5 Å². The van der Waals surface area contributed by atoms with Gasteiger partial charge in [-0.2, -0.15) is 4.98 Å². The van der Waals surface area contributed by atoms with E-state index in [9.17, 15) is 14.7 Å². The van der Waals surface area contributed by atoms with Crippen LogP contribution in [-0.2, 0) is 16.9 Å². The zero-order chi connectivity index (χ0) is 27.1. The van der Waals surface area contributed by atoms with Crippen LogP contribution in [-0.4, -0.2) is 59.5 Å². The molecule has 9 nitrogen and oxygen atoms in total. The molecule has 1 aliphatic carbocycles. The number of benzene rings is 1. The zero-order valence-corrected chi connectivity index (χ0v) is 22.6. The van der Waals surface area contributed by atoms with Crippen molar-refractivity contribution in [2.24, 2.45) is 17.3 Å². The summed E-state index contributed by atoms with van der Waals surface area (Å²) in [5, 5.41) is 12.3. The fourth-order valence-electron chi connectivity index (χ4n) is 5.44. The molecule has 5 rings (SSSR count). The van der Waals surface area contributed by atoms with Crippen molar-refractivity contribution in [1.82, 2.24) is 15.2 Å². The molecule has 2 saturated heterocycles. The first kappa shape index (κ1) is 26.1. The number of nitrogens with zero attached hydrogens (tertiary/aromatic N) is 3. The van der Waals surface area contributed by atoms with Gasteiger partial charge in [0.25, 0.3) is 0 Å². The lowest BCUT2D eigenvalue weighted by Crippen LogP contribution is -2.42. The number of hydrogen-bond acceptors (Lipinski definition) is 6. The Morgan fingerprint density at radius 1 is 1.11 bits per heavy atom.